The van der Waals surface area contributed by atoms with Crippen LogP contribution in [0.2, 0.25) is 0 Å². The van der Waals surface area contributed by atoms with E-state index in [1.807, 2.05) is 0 Å². The Bertz CT molecular complexity index is 162. The van der Waals surface area contributed by atoms with Crippen LogP contribution in [-0.4, -0.2) is 29.6 Å². The van der Waals surface area contributed by atoms with Gasteiger partial charge in [-0.05, 0) is 32.7 Å². The highest BCUT2D eigenvalue weighted by molar-refractivity contribution is 4.92. The maximum atomic E-state index is 6.11. The molecular weight excluding hydrogens is 196 g/mol. The maximum Gasteiger partial charge on any atom is 0.0334 e. The summed E-state index contributed by atoms with van der Waals surface area (Å²) in [5.74, 6) is 0. The molecule has 0 amide bonds. The molecule has 0 radical (unpaired) electrons. The van der Waals surface area contributed by atoms with Crippen molar-refractivity contribution in [3.05, 3.63) is 0 Å². The fourth-order valence-electron chi connectivity index (χ4n) is 3.00. The number of hydrogen-bond acceptors (Lipinski definition) is 2. The molecule has 1 unspecified atom stereocenters. The number of hydrogen-bond donors (Lipinski definition) is 1. The molecule has 0 saturated carbocycles. The summed E-state index contributed by atoms with van der Waals surface area (Å²) in [6, 6.07) is 0.645. The Morgan fingerprint density at radius 2 is 1.56 bits per heavy atom. The van der Waals surface area contributed by atoms with Gasteiger partial charge in [0.25, 0.3) is 0 Å². The van der Waals surface area contributed by atoms with Crippen molar-refractivity contribution in [3.63, 3.8) is 0 Å². The van der Waals surface area contributed by atoms with Gasteiger partial charge in [0.05, 0.1) is 0 Å². The standard InChI is InChI=1S/C14H32N2/c1-6-10-14(12-15,11-7-2)16(9-4)13(5)8-3/h13H,6-12,15H2,1-5H3. The van der Waals surface area contributed by atoms with Crippen LogP contribution in [0.3, 0.4) is 0 Å². The fourth-order valence-corrected chi connectivity index (χ4v) is 3.00. The van der Waals surface area contributed by atoms with Gasteiger partial charge in [-0.25, -0.2) is 0 Å². The van der Waals surface area contributed by atoms with Crippen molar-refractivity contribution in [2.45, 2.75) is 78.3 Å². The summed E-state index contributed by atoms with van der Waals surface area (Å²) in [7, 11) is 0. The third-order valence-corrected chi connectivity index (χ3v) is 3.88. The Hall–Kier alpha value is -0.0800. The lowest BCUT2D eigenvalue weighted by Gasteiger charge is -2.46. The summed E-state index contributed by atoms with van der Waals surface area (Å²) in [4.78, 5) is 2.64. The minimum absolute atomic E-state index is 0.244. The van der Waals surface area contributed by atoms with E-state index in [9.17, 15) is 0 Å². The highest BCUT2D eigenvalue weighted by Gasteiger charge is 2.34. The summed E-state index contributed by atoms with van der Waals surface area (Å²) in [6.07, 6.45) is 6.13. The Morgan fingerprint density at radius 3 is 1.81 bits per heavy atom. The lowest BCUT2D eigenvalue weighted by atomic mass is 9.85. The molecule has 0 saturated heterocycles. The largest absolute Gasteiger partial charge is 0.329 e. The van der Waals surface area contributed by atoms with E-state index in [1.165, 1.54) is 32.1 Å². The molecule has 1 atom stereocenters. The van der Waals surface area contributed by atoms with E-state index in [2.05, 4.69) is 39.5 Å². The zero-order chi connectivity index (χ0) is 12.6. The van der Waals surface area contributed by atoms with Gasteiger partial charge in [0.15, 0.2) is 0 Å². The first-order valence-corrected chi connectivity index (χ1v) is 7.08. The molecule has 0 spiro atoms. The van der Waals surface area contributed by atoms with Crippen LogP contribution in [0.25, 0.3) is 0 Å². The van der Waals surface area contributed by atoms with Gasteiger partial charge in [-0.1, -0.05) is 40.5 Å². The Balaban J connectivity index is 4.91. The van der Waals surface area contributed by atoms with Crippen molar-refractivity contribution in [2.24, 2.45) is 5.73 Å². The van der Waals surface area contributed by atoms with Crippen LogP contribution in [0.1, 0.15) is 66.7 Å². The van der Waals surface area contributed by atoms with Crippen LogP contribution in [0.5, 0.6) is 0 Å². The van der Waals surface area contributed by atoms with Gasteiger partial charge in [-0.3, -0.25) is 4.90 Å². The molecule has 0 rings (SSSR count). The van der Waals surface area contributed by atoms with E-state index in [0.29, 0.717) is 6.04 Å². The van der Waals surface area contributed by atoms with Crippen molar-refractivity contribution in [3.8, 4) is 0 Å². The molecule has 0 aromatic carbocycles. The zero-order valence-corrected chi connectivity index (χ0v) is 12.1. The second kappa shape index (κ2) is 8.08. The summed E-state index contributed by atoms with van der Waals surface area (Å²) in [6.45, 7) is 13.3. The van der Waals surface area contributed by atoms with Gasteiger partial charge >= 0.3 is 0 Å². The molecule has 2 N–H and O–H groups in total. The molecule has 0 aliphatic carbocycles. The summed E-state index contributed by atoms with van der Waals surface area (Å²) >= 11 is 0. The fraction of sp³-hybridized carbons (Fsp3) is 1.00. The van der Waals surface area contributed by atoms with Crippen molar-refractivity contribution < 1.29 is 0 Å². The first kappa shape index (κ1) is 15.9. The minimum Gasteiger partial charge on any atom is -0.329 e. The van der Waals surface area contributed by atoms with Crippen molar-refractivity contribution in [1.82, 2.24) is 4.90 Å². The highest BCUT2D eigenvalue weighted by atomic mass is 15.2. The summed E-state index contributed by atoms with van der Waals surface area (Å²) < 4.78 is 0. The van der Waals surface area contributed by atoms with Crippen LogP contribution in [0.15, 0.2) is 0 Å². The second-order valence-corrected chi connectivity index (χ2v) is 4.97. The minimum atomic E-state index is 0.244. The van der Waals surface area contributed by atoms with Crippen molar-refractivity contribution in [1.29, 1.82) is 0 Å². The Morgan fingerprint density at radius 1 is 1.06 bits per heavy atom. The predicted octanol–water partition coefficient (Wildman–Crippen LogP) is 3.40. The molecule has 2 nitrogen and oxygen atoms in total. The lowest BCUT2D eigenvalue weighted by Crippen LogP contribution is -2.57. The highest BCUT2D eigenvalue weighted by Crippen LogP contribution is 2.29. The SMILES string of the molecule is CCCC(CN)(CCC)N(CC)C(C)CC. The first-order valence-electron chi connectivity index (χ1n) is 7.08. The van der Waals surface area contributed by atoms with E-state index in [-0.39, 0.29) is 5.54 Å². The van der Waals surface area contributed by atoms with Gasteiger partial charge in [-0.2, -0.15) is 0 Å². The van der Waals surface area contributed by atoms with Gasteiger partial charge in [-0.15, -0.1) is 0 Å². The van der Waals surface area contributed by atoms with Gasteiger partial charge in [0, 0.05) is 18.1 Å². The molecular formula is C14H32N2. The molecule has 0 heterocycles. The van der Waals surface area contributed by atoms with E-state index < -0.39 is 0 Å². The maximum absolute atomic E-state index is 6.11. The zero-order valence-electron chi connectivity index (χ0n) is 12.1. The quantitative estimate of drug-likeness (QED) is 0.655. The van der Waals surface area contributed by atoms with Crippen LogP contribution in [0, 0.1) is 0 Å². The normalized spacial score (nSPS) is 14.4. The van der Waals surface area contributed by atoms with Gasteiger partial charge in [0.2, 0.25) is 0 Å². The summed E-state index contributed by atoms with van der Waals surface area (Å²) in [5, 5.41) is 0. The third-order valence-electron chi connectivity index (χ3n) is 3.88. The molecule has 0 aromatic heterocycles. The summed E-state index contributed by atoms with van der Waals surface area (Å²) in [5.41, 5.74) is 6.35. The molecule has 2 heteroatoms. The van der Waals surface area contributed by atoms with Crippen molar-refractivity contribution in [2.75, 3.05) is 13.1 Å². The third kappa shape index (κ3) is 3.74. The second-order valence-electron chi connectivity index (χ2n) is 4.97. The van der Waals surface area contributed by atoms with Gasteiger partial charge < -0.3 is 5.73 Å². The van der Waals surface area contributed by atoms with Crippen LogP contribution in [0.4, 0.5) is 0 Å². The first-order chi connectivity index (χ1) is 7.61. The predicted molar refractivity (Wildman–Crippen MR) is 73.7 cm³/mol. The van der Waals surface area contributed by atoms with Gasteiger partial charge in [0.1, 0.15) is 0 Å². The smallest absolute Gasteiger partial charge is 0.0334 e. The van der Waals surface area contributed by atoms with E-state index >= 15 is 0 Å². The van der Waals surface area contributed by atoms with E-state index in [0.717, 1.165) is 13.1 Å². The molecule has 0 aliphatic rings. The molecule has 16 heavy (non-hydrogen) atoms. The van der Waals surface area contributed by atoms with E-state index in [4.69, 9.17) is 5.73 Å². The number of likely N-dealkylation sites (N-methyl/N-ethyl adjacent to an activating group) is 1. The molecule has 0 aliphatic heterocycles. The Kier molecular flexibility index (Phi) is 8.04. The average Bonchev–Trinajstić information content (AvgIpc) is 2.29. The monoisotopic (exact) mass is 228 g/mol. The van der Waals surface area contributed by atoms with E-state index in [1.54, 1.807) is 0 Å². The Labute approximate surface area is 103 Å². The molecule has 0 fully saturated rings. The molecule has 98 valence electrons. The van der Waals surface area contributed by atoms with Crippen molar-refractivity contribution >= 4 is 0 Å². The molecule has 0 bridgehead atoms. The van der Waals surface area contributed by atoms with Crippen LogP contribution < -0.4 is 5.73 Å². The van der Waals surface area contributed by atoms with Crippen LogP contribution >= 0.6 is 0 Å². The average molecular weight is 228 g/mol. The lowest BCUT2D eigenvalue weighted by molar-refractivity contribution is 0.0419. The number of nitrogens with zero attached hydrogens (tertiary/aromatic N) is 1. The van der Waals surface area contributed by atoms with Crippen LogP contribution in [-0.2, 0) is 0 Å². The topological polar surface area (TPSA) is 29.3 Å². The number of rotatable bonds is 9. The molecule has 0 aromatic rings. The number of nitrogens with two attached hydrogens (primary N) is 1.